The number of rotatable bonds is 5. The van der Waals surface area contributed by atoms with Crippen LogP contribution in [0, 0.1) is 6.92 Å². The van der Waals surface area contributed by atoms with Crippen LogP contribution in [0.25, 0.3) is 0 Å². The molecule has 0 unspecified atom stereocenters. The lowest BCUT2D eigenvalue weighted by atomic mass is 10.4. The van der Waals surface area contributed by atoms with E-state index in [1.807, 2.05) is 19.4 Å². The van der Waals surface area contributed by atoms with Crippen LogP contribution in [0.5, 0.6) is 0 Å². The molecule has 1 fully saturated rings. The number of nitrogens with one attached hydrogen (secondary N) is 1. The zero-order valence-electron chi connectivity index (χ0n) is 9.76. The molecule has 0 radical (unpaired) electrons. The Labute approximate surface area is 99.0 Å². The molecule has 6 heteroatoms. The highest BCUT2D eigenvalue weighted by Gasteiger charge is 2.24. The van der Waals surface area contributed by atoms with Gasteiger partial charge < -0.3 is 14.4 Å². The summed E-state index contributed by atoms with van der Waals surface area (Å²) in [6, 6.07) is 0.667. The molecule has 0 bridgehead atoms. The van der Waals surface area contributed by atoms with Gasteiger partial charge in [-0.05, 0) is 19.8 Å². The van der Waals surface area contributed by atoms with Gasteiger partial charge in [-0.1, -0.05) is 5.16 Å². The topological polar surface area (TPSA) is 68.8 Å². The molecule has 1 aliphatic carbocycles. The Bertz CT molecular complexity index is 499. The lowest BCUT2D eigenvalue weighted by molar-refractivity contribution is 0.363. The zero-order valence-corrected chi connectivity index (χ0v) is 9.76. The third kappa shape index (κ3) is 2.36. The first-order chi connectivity index (χ1) is 8.33. The van der Waals surface area contributed by atoms with E-state index in [-0.39, 0.29) is 0 Å². The van der Waals surface area contributed by atoms with Crippen LogP contribution in [0.1, 0.15) is 36.3 Å². The Morgan fingerprint density at radius 2 is 2.35 bits per heavy atom. The van der Waals surface area contributed by atoms with Crippen molar-refractivity contribution in [2.75, 3.05) is 0 Å². The molecule has 0 aliphatic heterocycles. The normalized spacial score (nSPS) is 15.4. The van der Waals surface area contributed by atoms with Crippen LogP contribution in [-0.2, 0) is 13.1 Å². The molecular formula is C11H15N5O. The molecule has 6 nitrogen and oxygen atoms in total. The quantitative estimate of drug-likeness (QED) is 0.840. The highest BCUT2D eigenvalue weighted by atomic mass is 16.5. The van der Waals surface area contributed by atoms with Crippen molar-refractivity contribution in [1.29, 1.82) is 0 Å². The minimum absolute atomic E-state index is 0.594. The van der Waals surface area contributed by atoms with Gasteiger partial charge in [-0.2, -0.15) is 4.98 Å². The molecule has 1 saturated carbocycles. The van der Waals surface area contributed by atoms with Crippen LogP contribution in [-0.4, -0.2) is 19.7 Å². The summed E-state index contributed by atoms with van der Waals surface area (Å²) in [6.07, 6.45) is 6.36. The van der Waals surface area contributed by atoms with Gasteiger partial charge in [0, 0.05) is 18.8 Å². The van der Waals surface area contributed by atoms with Crippen molar-refractivity contribution in [2.24, 2.45) is 0 Å². The van der Waals surface area contributed by atoms with Gasteiger partial charge in [-0.3, -0.25) is 0 Å². The Kier molecular flexibility index (Phi) is 2.64. The van der Waals surface area contributed by atoms with Gasteiger partial charge in [0.25, 0.3) is 0 Å². The van der Waals surface area contributed by atoms with E-state index in [0.717, 1.165) is 6.54 Å². The maximum absolute atomic E-state index is 5.03. The highest BCUT2D eigenvalue weighted by molar-refractivity contribution is 5.03. The molecule has 0 spiro atoms. The summed E-state index contributed by atoms with van der Waals surface area (Å²) in [7, 11) is 0. The van der Waals surface area contributed by atoms with Crippen LogP contribution in [0.4, 0.5) is 0 Å². The molecule has 2 heterocycles. The van der Waals surface area contributed by atoms with Crippen LogP contribution >= 0.6 is 0 Å². The first kappa shape index (κ1) is 10.5. The largest absolute Gasteiger partial charge is 0.338 e. The number of hydrogen-bond donors (Lipinski definition) is 1. The fraction of sp³-hybridized carbons (Fsp3) is 0.545. The lowest BCUT2D eigenvalue weighted by Gasteiger charge is -2.06. The van der Waals surface area contributed by atoms with E-state index in [2.05, 4.69) is 25.0 Å². The molecular weight excluding hydrogens is 218 g/mol. The number of nitrogens with zero attached hydrogens (tertiary/aromatic N) is 4. The van der Waals surface area contributed by atoms with Gasteiger partial charge >= 0.3 is 0 Å². The predicted molar refractivity (Wildman–Crippen MR) is 60.1 cm³/mol. The highest BCUT2D eigenvalue weighted by Crippen LogP contribution is 2.35. The number of aryl methyl sites for hydroxylation is 1. The third-order valence-corrected chi connectivity index (χ3v) is 2.84. The van der Waals surface area contributed by atoms with Gasteiger partial charge in [0.05, 0.1) is 18.6 Å². The van der Waals surface area contributed by atoms with Gasteiger partial charge in [0.1, 0.15) is 0 Å². The van der Waals surface area contributed by atoms with Gasteiger partial charge in [0.15, 0.2) is 5.82 Å². The molecule has 2 aromatic heterocycles. The second-order valence-corrected chi connectivity index (χ2v) is 4.36. The van der Waals surface area contributed by atoms with E-state index in [1.165, 1.54) is 18.5 Å². The smallest absolute Gasteiger partial charge is 0.240 e. The molecule has 1 aliphatic rings. The van der Waals surface area contributed by atoms with E-state index in [4.69, 9.17) is 4.52 Å². The van der Waals surface area contributed by atoms with E-state index >= 15 is 0 Å². The van der Waals surface area contributed by atoms with E-state index in [9.17, 15) is 0 Å². The van der Waals surface area contributed by atoms with Crippen LogP contribution in [0.15, 0.2) is 17.0 Å². The van der Waals surface area contributed by atoms with Crippen molar-refractivity contribution in [3.63, 3.8) is 0 Å². The molecule has 2 aromatic rings. The van der Waals surface area contributed by atoms with E-state index < -0.39 is 0 Å². The van der Waals surface area contributed by atoms with Crippen LogP contribution in [0.2, 0.25) is 0 Å². The zero-order chi connectivity index (χ0) is 11.7. The summed E-state index contributed by atoms with van der Waals surface area (Å²) in [5, 5.41) is 7.03. The van der Waals surface area contributed by atoms with Gasteiger partial charge in [-0.15, -0.1) is 0 Å². The van der Waals surface area contributed by atoms with E-state index in [1.54, 1.807) is 0 Å². The van der Waals surface area contributed by atoms with Crippen molar-refractivity contribution in [2.45, 2.75) is 38.9 Å². The minimum Gasteiger partial charge on any atom is -0.338 e. The molecule has 3 rings (SSSR count). The van der Waals surface area contributed by atoms with Crippen LogP contribution < -0.4 is 5.32 Å². The monoisotopic (exact) mass is 233 g/mol. The predicted octanol–water partition coefficient (Wildman–Crippen LogP) is 1.20. The minimum atomic E-state index is 0.594. The second-order valence-electron chi connectivity index (χ2n) is 4.36. The lowest BCUT2D eigenvalue weighted by Crippen LogP contribution is -2.15. The van der Waals surface area contributed by atoms with Gasteiger partial charge in [-0.25, -0.2) is 4.98 Å². The molecule has 90 valence electrons. The first-order valence-corrected chi connectivity index (χ1v) is 5.83. The van der Waals surface area contributed by atoms with Crippen molar-refractivity contribution in [1.82, 2.24) is 25.0 Å². The summed E-state index contributed by atoms with van der Waals surface area (Å²) < 4.78 is 7.27. The van der Waals surface area contributed by atoms with Crippen molar-refractivity contribution < 1.29 is 4.52 Å². The third-order valence-electron chi connectivity index (χ3n) is 2.84. The van der Waals surface area contributed by atoms with Crippen molar-refractivity contribution in [3.05, 3.63) is 29.9 Å². The first-order valence-electron chi connectivity index (χ1n) is 5.83. The SMILES string of the molecule is Cc1noc(CNCc2cncn2C2CC2)n1. The number of imidazole rings is 1. The Hall–Kier alpha value is -1.69. The fourth-order valence-electron chi connectivity index (χ4n) is 1.86. The average molecular weight is 233 g/mol. The van der Waals surface area contributed by atoms with Crippen LogP contribution in [0.3, 0.4) is 0 Å². The summed E-state index contributed by atoms with van der Waals surface area (Å²) in [5.41, 5.74) is 1.21. The number of aromatic nitrogens is 4. The Morgan fingerprint density at radius 3 is 3.06 bits per heavy atom. The second kappa shape index (κ2) is 4.29. The summed E-state index contributed by atoms with van der Waals surface area (Å²) in [6.45, 7) is 3.18. The maximum atomic E-state index is 5.03. The molecule has 0 amide bonds. The summed E-state index contributed by atoms with van der Waals surface area (Å²) in [4.78, 5) is 8.32. The van der Waals surface area contributed by atoms with Gasteiger partial charge in [0.2, 0.25) is 5.89 Å². The molecule has 17 heavy (non-hydrogen) atoms. The summed E-state index contributed by atoms with van der Waals surface area (Å²) >= 11 is 0. The standard InChI is InChI=1S/C11H15N5O/c1-8-14-11(17-15-8)6-12-4-10-5-13-7-16(10)9-2-3-9/h5,7,9,12H,2-4,6H2,1H3. The average Bonchev–Trinajstić information content (AvgIpc) is 2.92. The Balaban J connectivity index is 1.55. The molecule has 0 saturated heterocycles. The number of hydrogen-bond acceptors (Lipinski definition) is 5. The maximum Gasteiger partial charge on any atom is 0.240 e. The summed E-state index contributed by atoms with van der Waals surface area (Å²) in [5.74, 6) is 1.30. The molecule has 0 aromatic carbocycles. The fourth-order valence-corrected chi connectivity index (χ4v) is 1.86. The molecule has 0 atom stereocenters. The van der Waals surface area contributed by atoms with Crippen molar-refractivity contribution >= 4 is 0 Å². The van der Waals surface area contributed by atoms with E-state index in [0.29, 0.717) is 24.3 Å². The Morgan fingerprint density at radius 1 is 1.47 bits per heavy atom. The van der Waals surface area contributed by atoms with Crippen molar-refractivity contribution in [3.8, 4) is 0 Å². The molecule has 1 N–H and O–H groups in total.